The molecule has 4 heteroatoms. The highest BCUT2D eigenvalue weighted by Crippen LogP contribution is 2.07. The van der Waals surface area contributed by atoms with Crippen LogP contribution < -0.4 is 0 Å². The van der Waals surface area contributed by atoms with E-state index in [1.54, 1.807) is 7.11 Å². The molecular formula is C10H24O3Si. The van der Waals surface area contributed by atoms with Gasteiger partial charge in [-0.1, -0.05) is 26.7 Å². The van der Waals surface area contributed by atoms with Gasteiger partial charge in [0.25, 0.3) is 0 Å². The summed E-state index contributed by atoms with van der Waals surface area (Å²) in [7, 11) is 0.193. The van der Waals surface area contributed by atoms with Crippen LogP contribution in [0.15, 0.2) is 0 Å². The molecule has 0 saturated heterocycles. The summed E-state index contributed by atoms with van der Waals surface area (Å²) in [5, 5.41) is 0. The molecule has 0 fully saturated rings. The van der Waals surface area contributed by atoms with Crippen molar-refractivity contribution in [3.05, 3.63) is 0 Å². The molecule has 0 aliphatic carbocycles. The van der Waals surface area contributed by atoms with Crippen LogP contribution in [0, 0.1) is 0 Å². The number of hydrogen-bond donors (Lipinski definition) is 0. The van der Waals surface area contributed by atoms with Crippen molar-refractivity contribution in [2.45, 2.75) is 52.4 Å². The predicted molar refractivity (Wildman–Crippen MR) is 60.7 cm³/mol. The Morgan fingerprint density at radius 3 is 2.43 bits per heavy atom. The highest BCUT2D eigenvalue weighted by molar-refractivity contribution is 6.44. The quantitative estimate of drug-likeness (QED) is 0.441. The molecule has 0 bridgehead atoms. The predicted octanol–water partition coefficient (Wildman–Crippen LogP) is 2.44. The van der Waals surface area contributed by atoms with Gasteiger partial charge >= 0.3 is 9.28 Å². The number of hydrogen-bond acceptors (Lipinski definition) is 3. The summed E-state index contributed by atoms with van der Waals surface area (Å²) in [6, 6.07) is 1.09. The number of methoxy groups -OCH3 is 1. The van der Waals surface area contributed by atoms with Crippen LogP contribution in [0.5, 0.6) is 0 Å². The van der Waals surface area contributed by atoms with Crippen LogP contribution in [-0.4, -0.2) is 29.3 Å². The van der Waals surface area contributed by atoms with Gasteiger partial charge in [0.15, 0.2) is 0 Å². The van der Waals surface area contributed by atoms with Gasteiger partial charge in [0.1, 0.15) is 6.29 Å². The summed E-state index contributed by atoms with van der Waals surface area (Å²) in [5.41, 5.74) is 0. The van der Waals surface area contributed by atoms with Gasteiger partial charge in [0.05, 0.1) is 0 Å². The first kappa shape index (κ1) is 14.1. The molecule has 0 aliphatic heterocycles. The Balaban J connectivity index is 3.71. The maximum atomic E-state index is 5.70. The normalized spacial score (nSPS) is 15.4. The summed E-state index contributed by atoms with van der Waals surface area (Å²) >= 11 is 0. The topological polar surface area (TPSA) is 27.7 Å². The van der Waals surface area contributed by atoms with Crippen LogP contribution in [0.25, 0.3) is 0 Å². The molecule has 86 valence electrons. The third kappa shape index (κ3) is 7.50. The van der Waals surface area contributed by atoms with Crippen LogP contribution in [0.1, 0.15) is 40.0 Å². The average molecular weight is 220 g/mol. The van der Waals surface area contributed by atoms with E-state index in [2.05, 4.69) is 13.8 Å². The molecule has 0 saturated carbocycles. The minimum atomic E-state index is -1.47. The molecule has 0 aromatic rings. The molecule has 0 radical (unpaired) electrons. The van der Waals surface area contributed by atoms with Gasteiger partial charge in [0, 0.05) is 13.7 Å². The Morgan fingerprint density at radius 1 is 1.21 bits per heavy atom. The maximum Gasteiger partial charge on any atom is 0.323 e. The van der Waals surface area contributed by atoms with Crippen molar-refractivity contribution in [3.8, 4) is 0 Å². The Morgan fingerprint density at radius 2 is 1.93 bits per heavy atom. The highest BCUT2D eigenvalue weighted by Gasteiger charge is 2.15. The monoisotopic (exact) mass is 220 g/mol. The highest BCUT2D eigenvalue weighted by atomic mass is 28.3. The smallest absolute Gasteiger partial charge is 0.323 e. The molecular weight excluding hydrogens is 196 g/mol. The van der Waals surface area contributed by atoms with E-state index in [4.69, 9.17) is 13.6 Å². The molecule has 3 nitrogen and oxygen atoms in total. The fourth-order valence-corrected chi connectivity index (χ4v) is 3.24. The van der Waals surface area contributed by atoms with Crippen LogP contribution in [0.3, 0.4) is 0 Å². The zero-order chi connectivity index (χ0) is 10.8. The van der Waals surface area contributed by atoms with Crippen molar-refractivity contribution in [3.63, 3.8) is 0 Å². The lowest BCUT2D eigenvalue weighted by atomic mass is 10.4. The first-order valence-corrected chi connectivity index (χ1v) is 7.30. The van der Waals surface area contributed by atoms with Gasteiger partial charge in [0.2, 0.25) is 0 Å². The van der Waals surface area contributed by atoms with E-state index in [0.29, 0.717) is 0 Å². The van der Waals surface area contributed by atoms with Gasteiger partial charge in [-0.05, 0) is 19.4 Å². The zero-order valence-corrected chi connectivity index (χ0v) is 11.1. The first-order chi connectivity index (χ1) is 6.74. The Hall–Kier alpha value is 0.0969. The molecule has 0 rings (SSSR count). The molecule has 14 heavy (non-hydrogen) atoms. The second-order valence-electron chi connectivity index (χ2n) is 3.38. The van der Waals surface area contributed by atoms with Crippen molar-refractivity contribution < 1.29 is 13.6 Å². The SMILES string of the molecule is CCCC[SiH](OCCC)OC(C)OC. The molecule has 2 unspecified atom stereocenters. The van der Waals surface area contributed by atoms with Gasteiger partial charge in [-0.2, -0.15) is 0 Å². The van der Waals surface area contributed by atoms with E-state index in [9.17, 15) is 0 Å². The van der Waals surface area contributed by atoms with E-state index in [-0.39, 0.29) is 6.29 Å². The van der Waals surface area contributed by atoms with Crippen molar-refractivity contribution in [2.75, 3.05) is 13.7 Å². The number of ether oxygens (including phenoxy) is 1. The lowest BCUT2D eigenvalue weighted by molar-refractivity contribution is -0.0553. The minimum Gasteiger partial charge on any atom is -0.396 e. The standard InChI is InChI=1S/C10H24O3Si/c1-5-7-9-14(12-8-6-2)13-10(3)11-4/h10,14H,5-9H2,1-4H3. The molecule has 0 amide bonds. The molecule has 0 N–H and O–H groups in total. The van der Waals surface area contributed by atoms with Crippen LogP contribution in [0.4, 0.5) is 0 Å². The lowest BCUT2D eigenvalue weighted by Crippen LogP contribution is -2.28. The van der Waals surface area contributed by atoms with E-state index in [1.807, 2.05) is 6.92 Å². The molecule has 0 heterocycles. The maximum absolute atomic E-state index is 5.70. The average Bonchev–Trinajstić information content (AvgIpc) is 2.21. The summed E-state index contributed by atoms with van der Waals surface area (Å²) in [5.74, 6) is 0. The zero-order valence-electron chi connectivity index (χ0n) is 9.91. The van der Waals surface area contributed by atoms with Crippen LogP contribution in [0.2, 0.25) is 6.04 Å². The largest absolute Gasteiger partial charge is 0.396 e. The number of unbranched alkanes of at least 4 members (excludes halogenated alkanes) is 1. The van der Waals surface area contributed by atoms with Crippen molar-refractivity contribution >= 4 is 9.28 Å². The summed E-state index contributed by atoms with van der Waals surface area (Å²) < 4.78 is 16.5. The minimum absolute atomic E-state index is 0.125. The van der Waals surface area contributed by atoms with Gasteiger partial charge in [-0.3, -0.25) is 0 Å². The van der Waals surface area contributed by atoms with Gasteiger partial charge < -0.3 is 13.6 Å². The lowest BCUT2D eigenvalue weighted by Gasteiger charge is -2.20. The fourth-order valence-electron chi connectivity index (χ4n) is 1.08. The first-order valence-electron chi connectivity index (χ1n) is 5.54. The second kappa shape index (κ2) is 9.64. The molecule has 0 aliphatic rings. The third-order valence-electron chi connectivity index (χ3n) is 1.98. The van der Waals surface area contributed by atoms with Crippen molar-refractivity contribution in [1.29, 1.82) is 0 Å². The molecule has 0 aromatic carbocycles. The van der Waals surface area contributed by atoms with Crippen molar-refractivity contribution in [2.24, 2.45) is 0 Å². The molecule has 0 spiro atoms. The van der Waals surface area contributed by atoms with E-state index in [1.165, 1.54) is 12.8 Å². The van der Waals surface area contributed by atoms with Gasteiger partial charge in [-0.25, -0.2) is 0 Å². The summed E-state index contributed by atoms with van der Waals surface area (Å²) in [4.78, 5) is 0. The van der Waals surface area contributed by atoms with Crippen LogP contribution in [-0.2, 0) is 13.6 Å². The third-order valence-corrected chi connectivity index (χ3v) is 4.15. The molecule has 2 atom stereocenters. The van der Waals surface area contributed by atoms with E-state index >= 15 is 0 Å². The summed E-state index contributed by atoms with van der Waals surface area (Å²) in [6.45, 7) is 7.04. The number of rotatable bonds is 9. The second-order valence-corrected chi connectivity index (χ2v) is 5.42. The molecule has 0 aromatic heterocycles. The van der Waals surface area contributed by atoms with Crippen molar-refractivity contribution in [1.82, 2.24) is 0 Å². The Labute approximate surface area is 89.6 Å². The van der Waals surface area contributed by atoms with Gasteiger partial charge in [-0.15, -0.1) is 0 Å². The van der Waals surface area contributed by atoms with E-state index < -0.39 is 9.28 Å². The van der Waals surface area contributed by atoms with Crippen LogP contribution >= 0.6 is 0 Å². The Bertz CT molecular complexity index is 114. The van der Waals surface area contributed by atoms with E-state index in [0.717, 1.165) is 19.1 Å². The fraction of sp³-hybridized carbons (Fsp3) is 1.00. The Kier molecular flexibility index (Phi) is 9.71. The summed E-state index contributed by atoms with van der Waals surface area (Å²) in [6.07, 6.45) is 3.32.